The van der Waals surface area contributed by atoms with Gasteiger partial charge in [0.05, 0.1) is 25.4 Å². The van der Waals surface area contributed by atoms with Crippen molar-refractivity contribution < 1.29 is 18.5 Å². The smallest absolute Gasteiger partial charge is 0.351 e. The number of hydrogen-bond acceptors (Lipinski definition) is 8. The topological polar surface area (TPSA) is 109 Å². The standard InChI is InChI=1S/C13H23N4O5P/c1-4-20-23(19,21-5-2)9-10-8-12(22-16(10)3)17-7-6-11(14)15-13(17)18/h6-7,10,12H,4-5,8-9H2,1-3H3,(H2,14,15,18). The second-order valence-corrected chi connectivity index (χ2v) is 7.27. The van der Waals surface area contributed by atoms with Crippen molar-refractivity contribution in [3.63, 3.8) is 0 Å². The number of aromatic nitrogens is 2. The summed E-state index contributed by atoms with van der Waals surface area (Å²) in [5.41, 5.74) is 5.00. The molecule has 2 unspecified atom stereocenters. The Bertz CT molecular complexity index is 627. The van der Waals surface area contributed by atoms with Crippen LogP contribution >= 0.6 is 7.60 Å². The molecule has 9 nitrogen and oxygen atoms in total. The van der Waals surface area contributed by atoms with E-state index in [2.05, 4.69) is 4.98 Å². The highest BCUT2D eigenvalue weighted by Crippen LogP contribution is 2.50. The quantitative estimate of drug-likeness (QED) is 0.734. The minimum Gasteiger partial charge on any atom is -0.383 e. The molecule has 0 aliphatic carbocycles. The Morgan fingerprint density at radius 2 is 2.09 bits per heavy atom. The number of anilines is 1. The number of nitrogens with zero attached hydrogens (tertiary/aromatic N) is 3. The van der Waals surface area contributed by atoms with Gasteiger partial charge in [-0.2, -0.15) is 10.0 Å². The monoisotopic (exact) mass is 346 g/mol. The number of nitrogen functional groups attached to an aromatic ring is 1. The van der Waals surface area contributed by atoms with Crippen molar-refractivity contribution in [2.24, 2.45) is 0 Å². The van der Waals surface area contributed by atoms with Crippen LogP contribution < -0.4 is 11.4 Å². The summed E-state index contributed by atoms with van der Waals surface area (Å²) in [5, 5.41) is 1.58. The Balaban J connectivity index is 2.11. The maximum Gasteiger partial charge on any atom is 0.351 e. The van der Waals surface area contributed by atoms with Gasteiger partial charge in [-0.25, -0.2) is 4.79 Å². The minimum atomic E-state index is -3.19. The van der Waals surface area contributed by atoms with Crippen LogP contribution in [-0.2, 0) is 18.5 Å². The summed E-state index contributed by atoms with van der Waals surface area (Å²) >= 11 is 0. The van der Waals surface area contributed by atoms with Crippen LogP contribution in [0.25, 0.3) is 0 Å². The first-order valence-corrected chi connectivity index (χ1v) is 9.23. The summed E-state index contributed by atoms with van der Waals surface area (Å²) in [6.07, 6.45) is 1.67. The van der Waals surface area contributed by atoms with E-state index in [1.807, 2.05) is 0 Å². The molecule has 23 heavy (non-hydrogen) atoms. The molecule has 1 saturated heterocycles. The average molecular weight is 346 g/mol. The minimum absolute atomic E-state index is 0.159. The predicted molar refractivity (Wildman–Crippen MR) is 84.9 cm³/mol. The fourth-order valence-corrected chi connectivity index (χ4v) is 4.46. The van der Waals surface area contributed by atoms with Gasteiger partial charge in [-0.15, -0.1) is 0 Å². The van der Waals surface area contributed by atoms with Gasteiger partial charge in [0.25, 0.3) is 0 Å². The number of hydrogen-bond donors (Lipinski definition) is 1. The third kappa shape index (κ3) is 4.39. The first-order valence-electron chi connectivity index (χ1n) is 7.51. The SMILES string of the molecule is CCOP(=O)(CC1CC(n2ccc(N)nc2=O)ON1C)OCC. The highest BCUT2D eigenvalue weighted by molar-refractivity contribution is 7.53. The van der Waals surface area contributed by atoms with Crippen molar-refractivity contribution in [3.8, 4) is 0 Å². The normalized spacial score (nSPS) is 22.6. The Morgan fingerprint density at radius 1 is 1.43 bits per heavy atom. The molecule has 0 radical (unpaired) electrons. The first-order chi connectivity index (χ1) is 10.9. The second kappa shape index (κ2) is 7.55. The summed E-state index contributed by atoms with van der Waals surface area (Å²) < 4.78 is 24.6. The molecule has 1 aliphatic rings. The van der Waals surface area contributed by atoms with Crippen LogP contribution in [0.4, 0.5) is 5.82 Å². The van der Waals surface area contributed by atoms with Crippen molar-refractivity contribution >= 4 is 13.4 Å². The molecule has 10 heteroatoms. The van der Waals surface area contributed by atoms with Crippen molar-refractivity contribution in [2.75, 3.05) is 32.2 Å². The molecule has 2 heterocycles. The van der Waals surface area contributed by atoms with Crippen LogP contribution in [-0.4, -0.2) is 47.1 Å². The molecule has 0 bridgehead atoms. The zero-order valence-electron chi connectivity index (χ0n) is 13.5. The van der Waals surface area contributed by atoms with E-state index in [1.54, 1.807) is 26.0 Å². The molecule has 2 N–H and O–H groups in total. The lowest BCUT2D eigenvalue weighted by Gasteiger charge is -2.22. The van der Waals surface area contributed by atoms with E-state index in [4.69, 9.17) is 19.6 Å². The summed E-state index contributed by atoms with van der Waals surface area (Å²) in [4.78, 5) is 21.3. The summed E-state index contributed by atoms with van der Waals surface area (Å²) in [6, 6.07) is 1.33. The molecule has 0 amide bonds. The van der Waals surface area contributed by atoms with E-state index in [0.29, 0.717) is 19.6 Å². The predicted octanol–water partition coefficient (Wildman–Crippen LogP) is 1.23. The lowest BCUT2D eigenvalue weighted by molar-refractivity contribution is -0.164. The van der Waals surface area contributed by atoms with Crippen molar-refractivity contribution in [2.45, 2.75) is 32.5 Å². The molecule has 0 saturated carbocycles. The average Bonchev–Trinajstić information content (AvgIpc) is 2.79. The third-order valence-corrected chi connectivity index (χ3v) is 5.70. The van der Waals surface area contributed by atoms with E-state index in [0.717, 1.165) is 0 Å². The van der Waals surface area contributed by atoms with Gasteiger partial charge in [-0.3, -0.25) is 14.0 Å². The van der Waals surface area contributed by atoms with E-state index in [9.17, 15) is 9.36 Å². The molecular weight excluding hydrogens is 323 g/mol. The highest BCUT2D eigenvalue weighted by atomic mass is 31.2. The second-order valence-electron chi connectivity index (χ2n) is 5.17. The van der Waals surface area contributed by atoms with Gasteiger partial charge in [0, 0.05) is 19.7 Å². The number of nitrogens with two attached hydrogens (primary N) is 1. The maximum atomic E-state index is 12.6. The summed E-state index contributed by atoms with van der Waals surface area (Å²) in [5.74, 6) is 0.159. The fourth-order valence-electron chi connectivity index (χ4n) is 2.50. The maximum absolute atomic E-state index is 12.6. The van der Waals surface area contributed by atoms with Gasteiger partial charge in [-0.1, -0.05) is 0 Å². The summed E-state index contributed by atoms with van der Waals surface area (Å²) in [7, 11) is -1.46. The van der Waals surface area contributed by atoms with E-state index in [-0.39, 0.29) is 18.0 Å². The molecule has 1 fully saturated rings. The van der Waals surface area contributed by atoms with Crippen LogP contribution in [0.15, 0.2) is 17.1 Å². The third-order valence-electron chi connectivity index (χ3n) is 3.52. The molecule has 1 aromatic rings. The molecular formula is C13H23N4O5P. The zero-order chi connectivity index (χ0) is 17.0. The van der Waals surface area contributed by atoms with Crippen LogP contribution in [0.5, 0.6) is 0 Å². The lowest BCUT2D eigenvalue weighted by Crippen LogP contribution is -2.28. The number of hydroxylamine groups is 2. The Labute approximate surface area is 134 Å². The highest BCUT2D eigenvalue weighted by Gasteiger charge is 2.38. The van der Waals surface area contributed by atoms with Gasteiger partial charge in [0.1, 0.15) is 5.82 Å². The molecule has 130 valence electrons. The van der Waals surface area contributed by atoms with E-state index < -0.39 is 19.5 Å². The van der Waals surface area contributed by atoms with Crippen molar-refractivity contribution in [1.82, 2.24) is 14.6 Å². The molecule has 1 aromatic heterocycles. The Kier molecular flexibility index (Phi) is 5.94. The van der Waals surface area contributed by atoms with Crippen LogP contribution in [0.2, 0.25) is 0 Å². The van der Waals surface area contributed by atoms with E-state index in [1.165, 1.54) is 16.8 Å². The Morgan fingerprint density at radius 3 is 2.65 bits per heavy atom. The van der Waals surface area contributed by atoms with Gasteiger partial charge < -0.3 is 14.8 Å². The number of rotatable bonds is 7. The lowest BCUT2D eigenvalue weighted by atomic mass is 10.2. The molecule has 2 rings (SSSR count). The van der Waals surface area contributed by atoms with Gasteiger partial charge in [0.15, 0.2) is 6.23 Å². The zero-order valence-corrected chi connectivity index (χ0v) is 14.4. The van der Waals surface area contributed by atoms with Crippen molar-refractivity contribution in [1.29, 1.82) is 0 Å². The van der Waals surface area contributed by atoms with Gasteiger partial charge in [-0.05, 0) is 19.9 Å². The van der Waals surface area contributed by atoms with Crippen LogP contribution in [0.1, 0.15) is 26.5 Å². The fraction of sp³-hybridized carbons (Fsp3) is 0.692. The van der Waals surface area contributed by atoms with Crippen LogP contribution in [0.3, 0.4) is 0 Å². The van der Waals surface area contributed by atoms with E-state index >= 15 is 0 Å². The van der Waals surface area contributed by atoms with Gasteiger partial charge >= 0.3 is 13.3 Å². The van der Waals surface area contributed by atoms with Crippen LogP contribution in [0, 0.1) is 0 Å². The molecule has 0 spiro atoms. The summed E-state index contributed by atoms with van der Waals surface area (Å²) in [6.45, 7) is 4.14. The molecule has 2 atom stereocenters. The van der Waals surface area contributed by atoms with Crippen molar-refractivity contribution in [3.05, 3.63) is 22.7 Å². The Hall–Kier alpha value is -1.25. The molecule has 1 aliphatic heterocycles. The first kappa shape index (κ1) is 18.1. The van der Waals surface area contributed by atoms with Gasteiger partial charge in [0.2, 0.25) is 0 Å². The largest absolute Gasteiger partial charge is 0.383 e. The molecule has 0 aromatic carbocycles.